The Labute approximate surface area is 174 Å². The molecule has 0 spiro atoms. The molecule has 0 saturated carbocycles. The normalized spacial score (nSPS) is 24.6. The Morgan fingerprint density at radius 3 is 2.76 bits per heavy atom. The van der Waals surface area contributed by atoms with Crippen molar-refractivity contribution in [1.82, 2.24) is 4.98 Å². The predicted octanol–water partition coefficient (Wildman–Crippen LogP) is 4.25. The molecule has 5 heteroatoms. The van der Waals surface area contributed by atoms with Crippen LogP contribution in [0.2, 0.25) is 0 Å². The zero-order valence-electron chi connectivity index (χ0n) is 18.7. The van der Waals surface area contributed by atoms with Crippen LogP contribution in [-0.4, -0.2) is 35.0 Å². The number of ether oxygens (including phenoxy) is 2. The molecule has 1 saturated heterocycles. The van der Waals surface area contributed by atoms with Crippen molar-refractivity contribution in [3.05, 3.63) is 63.0 Å². The quantitative estimate of drug-likeness (QED) is 0.369. The molecule has 160 valence electrons. The summed E-state index contributed by atoms with van der Waals surface area (Å²) in [5.41, 5.74) is 3.43. The van der Waals surface area contributed by atoms with Gasteiger partial charge in [0.2, 0.25) is 0 Å². The number of H-pyrrole nitrogens is 1. The van der Waals surface area contributed by atoms with Crippen molar-refractivity contribution < 1.29 is 14.6 Å². The van der Waals surface area contributed by atoms with E-state index >= 15 is 0 Å². The number of methoxy groups -OCH3 is 1. The molecular weight excluding hydrogens is 366 g/mol. The van der Waals surface area contributed by atoms with Gasteiger partial charge in [-0.25, -0.2) is 0 Å². The second-order valence-corrected chi connectivity index (χ2v) is 8.28. The number of epoxide rings is 1. The van der Waals surface area contributed by atoms with E-state index in [1.54, 1.807) is 7.11 Å². The standard InChI is InChI=1S/C24H35NO4/c1-8-16(3)23(27)17(4)12-15(2)10-9-11-24(6)21(29-24)13-19-18(5)20(26)14-22(25-19)28-7/h8-10,12,14,17,21,23,27H,11,13H2,1-7H3,(H,25,26)/b10-9+,15-12+,16-8+/t17-,21-,23+,24-/m1/s1. The SMILES string of the molecule is C/C=C(\C)[C@H](O)[C@H](C)/C=C(C)/C=C/C[C@@]1(C)O[C@@H]1Cc1[nH]c(OC)cc(=O)c1C. The number of nitrogens with one attached hydrogen (secondary N) is 1. The number of aliphatic hydroxyl groups is 1. The van der Waals surface area contributed by atoms with E-state index in [9.17, 15) is 9.90 Å². The van der Waals surface area contributed by atoms with Crippen molar-refractivity contribution in [2.75, 3.05) is 7.11 Å². The Hall–Kier alpha value is -2.11. The number of aliphatic hydroxyl groups excluding tert-OH is 1. The molecule has 0 amide bonds. The summed E-state index contributed by atoms with van der Waals surface area (Å²) in [6.45, 7) is 11.9. The summed E-state index contributed by atoms with van der Waals surface area (Å²) in [5, 5.41) is 10.3. The molecule has 1 aliphatic rings. The Morgan fingerprint density at radius 2 is 2.14 bits per heavy atom. The maximum atomic E-state index is 12.0. The van der Waals surface area contributed by atoms with E-state index in [1.807, 2.05) is 40.7 Å². The molecular formula is C24H35NO4. The number of pyridine rings is 1. The minimum Gasteiger partial charge on any atom is -0.482 e. The number of aromatic amines is 1. The number of hydrogen-bond donors (Lipinski definition) is 2. The molecule has 2 heterocycles. The van der Waals surface area contributed by atoms with Crippen LogP contribution in [0.1, 0.15) is 52.3 Å². The molecule has 29 heavy (non-hydrogen) atoms. The zero-order valence-corrected chi connectivity index (χ0v) is 18.7. The molecule has 0 radical (unpaired) electrons. The van der Waals surface area contributed by atoms with Crippen LogP contribution in [0.25, 0.3) is 0 Å². The van der Waals surface area contributed by atoms with Crippen molar-refractivity contribution in [2.24, 2.45) is 5.92 Å². The summed E-state index contributed by atoms with van der Waals surface area (Å²) >= 11 is 0. The largest absolute Gasteiger partial charge is 0.482 e. The van der Waals surface area contributed by atoms with Gasteiger partial charge in [-0.3, -0.25) is 4.79 Å². The maximum Gasteiger partial charge on any atom is 0.194 e. The van der Waals surface area contributed by atoms with E-state index in [0.717, 1.165) is 23.3 Å². The summed E-state index contributed by atoms with van der Waals surface area (Å²) in [6.07, 6.45) is 9.30. The van der Waals surface area contributed by atoms with Gasteiger partial charge < -0.3 is 19.6 Å². The second kappa shape index (κ2) is 9.59. The molecule has 2 rings (SSSR count). The summed E-state index contributed by atoms with van der Waals surface area (Å²) in [4.78, 5) is 15.2. The van der Waals surface area contributed by atoms with Gasteiger partial charge in [0.15, 0.2) is 11.3 Å². The first-order chi connectivity index (χ1) is 13.6. The van der Waals surface area contributed by atoms with Gasteiger partial charge in [-0.15, -0.1) is 0 Å². The summed E-state index contributed by atoms with van der Waals surface area (Å²) < 4.78 is 11.1. The van der Waals surface area contributed by atoms with Crippen LogP contribution >= 0.6 is 0 Å². The first-order valence-corrected chi connectivity index (χ1v) is 10.2. The van der Waals surface area contributed by atoms with Crippen LogP contribution in [0, 0.1) is 12.8 Å². The van der Waals surface area contributed by atoms with E-state index in [1.165, 1.54) is 6.07 Å². The van der Waals surface area contributed by atoms with Crippen molar-refractivity contribution in [1.29, 1.82) is 0 Å². The zero-order chi connectivity index (χ0) is 21.8. The lowest BCUT2D eigenvalue weighted by Gasteiger charge is -2.16. The van der Waals surface area contributed by atoms with Crippen LogP contribution in [0.15, 0.2) is 46.3 Å². The van der Waals surface area contributed by atoms with Crippen LogP contribution < -0.4 is 10.2 Å². The fourth-order valence-corrected chi connectivity index (χ4v) is 3.51. The number of hydrogen-bond acceptors (Lipinski definition) is 4. The van der Waals surface area contributed by atoms with E-state index in [0.29, 0.717) is 17.9 Å². The van der Waals surface area contributed by atoms with Gasteiger partial charge in [0.05, 0.1) is 24.9 Å². The Balaban J connectivity index is 1.95. The third-order valence-corrected chi connectivity index (χ3v) is 5.85. The van der Waals surface area contributed by atoms with E-state index in [-0.39, 0.29) is 23.1 Å². The summed E-state index contributed by atoms with van der Waals surface area (Å²) in [7, 11) is 1.54. The smallest absolute Gasteiger partial charge is 0.194 e. The average molecular weight is 402 g/mol. The molecule has 1 aromatic rings. The highest BCUT2D eigenvalue weighted by atomic mass is 16.6. The first kappa shape index (κ1) is 23.2. The van der Waals surface area contributed by atoms with Crippen molar-refractivity contribution >= 4 is 0 Å². The highest BCUT2D eigenvalue weighted by molar-refractivity contribution is 5.27. The lowest BCUT2D eigenvalue weighted by atomic mass is 9.95. The third-order valence-electron chi connectivity index (χ3n) is 5.85. The molecule has 0 unspecified atom stereocenters. The fourth-order valence-electron chi connectivity index (χ4n) is 3.51. The molecule has 0 aliphatic carbocycles. The van der Waals surface area contributed by atoms with Gasteiger partial charge in [-0.05, 0) is 46.6 Å². The highest BCUT2D eigenvalue weighted by Gasteiger charge is 2.51. The van der Waals surface area contributed by atoms with Gasteiger partial charge in [0.25, 0.3) is 0 Å². The van der Waals surface area contributed by atoms with Crippen molar-refractivity contribution in [3.8, 4) is 5.88 Å². The van der Waals surface area contributed by atoms with Gasteiger partial charge >= 0.3 is 0 Å². The Kier molecular flexibility index (Phi) is 7.66. The topological polar surface area (TPSA) is 74.8 Å². The monoisotopic (exact) mass is 401 g/mol. The van der Waals surface area contributed by atoms with Gasteiger partial charge in [0, 0.05) is 29.7 Å². The lowest BCUT2D eigenvalue weighted by Crippen LogP contribution is -2.17. The van der Waals surface area contributed by atoms with E-state index in [2.05, 4.69) is 30.1 Å². The second-order valence-electron chi connectivity index (χ2n) is 8.28. The number of rotatable bonds is 9. The molecule has 0 aromatic carbocycles. The fraction of sp³-hybridized carbons (Fsp3) is 0.542. The Bertz CT molecular complexity index is 864. The van der Waals surface area contributed by atoms with Gasteiger partial charge in [-0.2, -0.15) is 0 Å². The molecule has 1 aliphatic heterocycles. The molecule has 1 aromatic heterocycles. The summed E-state index contributed by atoms with van der Waals surface area (Å²) in [5.74, 6) is 0.535. The molecule has 0 bridgehead atoms. The maximum absolute atomic E-state index is 12.0. The Morgan fingerprint density at radius 1 is 1.45 bits per heavy atom. The summed E-state index contributed by atoms with van der Waals surface area (Å²) in [6, 6.07) is 1.47. The lowest BCUT2D eigenvalue weighted by molar-refractivity contribution is 0.173. The molecule has 4 atom stereocenters. The van der Waals surface area contributed by atoms with Crippen LogP contribution in [0.5, 0.6) is 5.88 Å². The first-order valence-electron chi connectivity index (χ1n) is 10.2. The van der Waals surface area contributed by atoms with E-state index in [4.69, 9.17) is 9.47 Å². The van der Waals surface area contributed by atoms with Gasteiger partial charge in [0.1, 0.15) is 0 Å². The minimum atomic E-state index is -0.453. The van der Waals surface area contributed by atoms with Crippen LogP contribution in [0.3, 0.4) is 0 Å². The van der Waals surface area contributed by atoms with Crippen LogP contribution in [-0.2, 0) is 11.2 Å². The highest BCUT2D eigenvalue weighted by Crippen LogP contribution is 2.41. The number of allylic oxidation sites excluding steroid dienone is 3. The van der Waals surface area contributed by atoms with Crippen LogP contribution in [0.4, 0.5) is 0 Å². The third kappa shape index (κ3) is 5.94. The molecule has 5 nitrogen and oxygen atoms in total. The average Bonchev–Trinajstić information content (AvgIpc) is 3.32. The minimum absolute atomic E-state index is 0.0249. The predicted molar refractivity (Wildman–Crippen MR) is 117 cm³/mol. The van der Waals surface area contributed by atoms with E-state index < -0.39 is 6.10 Å². The molecule has 1 fully saturated rings. The molecule has 2 N–H and O–H groups in total. The number of aromatic nitrogens is 1. The van der Waals surface area contributed by atoms with Crippen molar-refractivity contribution in [3.63, 3.8) is 0 Å². The van der Waals surface area contributed by atoms with Crippen molar-refractivity contribution in [2.45, 2.75) is 72.2 Å². The van der Waals surface area contributed by atoms with Gasteiger partial charge in [-0.1, -0.05) is 36.8 Å².